The Morgan fingerprint density at radius 2 is 2.05 bits per heavy atom. The fourth-order valence-electron chi connectivity index (χ4n) is 1.34. The largest absolute Gasteiger partial charge is 0.298 e. The van der Waals surface area contributed by atoms with Crippen LogP contribution in [0.3, 0.4) is 0 Å². The quantitative estimate of drug-likeness (QED) is 0.713. The molecule has 0 spiro atoms. The highest BCUT2D eigenvalue weighted by Crippen LogP contribution is 2.33. The zero-order chi connectivity index (χ0) is 14.2. The van der Waals surface area contributed by atoms with Crippen LogP contribution in [0.1, 0.15) is 36.8 Å². The van der Waals surface area contributed by atoms with E-state index >= 15 is 0 Å². The molecule has 1 amide bonds. The first-order chi connectivity index (χ1) is 8.77. The highest BCUT2D eigenvalue weighted by Gasteiger charge is 2.19. The van der Waals surface area contributed by atoms with Gasteiger partial charge in [-0.15, -0.1) is 22.7 Å². The van der Waals surface area contributed by atoms with E-state index in [0.29, 0.717) is 10.7 Å². The Hall–Kier alpha value is -0.240. The molecule has 2 rings (SSSR count). The first kappa shape index (κ1) is 15.2. The van der Waals surface area contributed by atoms with E-state index in [1.165, 1.54) is 22.7 Å². The average Bonchev–Trinajstić information content (AvgIpc) is 2.84. The van der Waals surface area contributed by atoms with Crippen LogP contribution in [0.4, 0.5) is 5.13 Å². The second kappa shape index (κ2) is 5.63. The molecule has 1 N–H and O–H groups in total. The monoisotopic (exact) mass is 422 g/mol. The van der Waals surface area contributed by atoms with Gasteiger partial charge in [0.05, 0.1) is 18.8 Å². The highest BCUT2D eigenvalue weighted by atomic mass is 79.9. The van der Waals surface area contributed by atoms with Crippen LogP contribution in [-0.2, 0) is 5.41 Å². The average molecular weight is 424 g/mol. The lowest BCUT2D eigenvalue weighted by molar-refractivity contribution is 0.102. The topological polar surface area (TPSA) is 42.0 Å². The van der Waals surface area contributed by atoms with Crippen molar-refractivity contribution in [3.8, 4) is 0 Å². The zero-order valence-corrected chi connectivity index (χ0v) is 15.4. The lowest BCUT2D eigenvalue weighted by atomic mass is 9.93. The molecule has 2 heterocycles. The standard InChI is InChI=1S/C12H12Br2N2OS2/c1-12(2,3)7-5-18-11(15-7)16-10(17)6-4-8(13)19-9(6)14/h4-5H,1-3H3,(H,15,16,17). The van der Waals surface area contributed by atoms with E-state index in [1.807, 2.05) is 5.38 Å². The van der Waals surface area contributed by atoms with Crippen LogP contribution in [0.5, 0.6) is 0 Å². The maximum atomic E-state index is 12.1. The summed E-state index contributed by atoms with van der Waals surface area (Å²) in [5.74, 6) is -0.149. The van der Waals surface area contributed by atoms with Gasteiger partial charge >= 0.3 is 0 Å². The number of thiazole rings is 1. The maximum absolute atomic E-state index is 12.1. The van der Waals surface area contributed by atoms with Gasteiger partial charge in [-0.3, -0.25) is 10.1 Å². The predicted molar refractivity (Wildman–Crippen MR) is 88.5 cm³/mol. The van der Waals surface area contributed by atoms with Crippen molar-refractivity contribution in [1.82, 2.24) is 4.98 Å². The van der Waals surface area contributed by atoms with E-state index in [1.54, 1.807) is 6.07 Å². The summed E-state index contributed by atoms with van der Waals surface area (Å²) in [5, 5.41) is 5.44. The molecule has 0 aliphatic rings. The maximum Gasteiger partial charge on any atom is 0.259 e. The van der Waals surface area contributed by atoms with Crippen LogP contribution in [-0.4, -0.2) is 10.9 Å². The Bertz CT molecular complexity index is 614. The van der Waals surface area contributed by atoms with Gasteiger partial charge in [0.15, 0.2) is 5.13 Å². The Balaban J connectivity index is 2.16. The lowest BCUT2D eigenvalue weighted by Crippen LogP contribution is -2.14. The number of rotatable bonds is 2. The van der Waals surface area contributed by atoms with Gasteiger partial charge in [-0.2, -0.15) is 0 Å². The molecule has 0 fully saturated rings. The molecule has 0 aliphatic carbocycles. The molecular weight excluding hydrogens is 412 g/mol. The molecule has 0 radical (unpaired) electrons. The van der Waals surface area contributed by atoms with Gasteiger partial charge in [-0.25, -0.2) is 4.98 Å². The minimum Gasteiger partial charge on any atom is -0.298 e. The fourth-order valence-corrected chi connectivity index (χ4v) is 5.06. The molecule has 102 valence electrons. The van der Waals surface area contributed by atoms with E-state index in [9.17, 15) is 4.79 Å². The van der Waals surface area contributed by atoms with Crippen LogP contribution in [0.2, 0.25) is 0 Å². The van der Waals surface area contributed by atoms with E-state index in [-0.39, 0.29) is 11.3 Å². The summed E-state index contributed by atoms with van der Waals surface area (Å²) in [7, 11) is 0. The number of hydrogen-bond acceptors (Lipinski definition) is 4. The number of hydrogen-bond donors (Lipinski definition) is 1. The van der Waals surface area contributed by atoms with E-state index in [4.69, 9.17) is 0 Å². The van der Waals surface area contributed by atoms with Crippen LogP contribution in [0, 0.1) is 0 Å². The molecule has 0 saturated carbocycles. The molecule has 0 aromatic carbocycles. The van der Waals surface area contributed by atoms with Crippen LogP contribution in [0.15, 0.2) is 19.0 Å². The van der Waals surface area contributed by atoms with Crippen molar-refractivity contribution >= 4 is 65.6 Å². The molecule has 2 aromatic rings. The molecule has 0 saturated heterocycles. The lowest BCUT2D eigenvalue weighted by Gasteiger charge is -2.14. The van der Waals surface area contributed by atoms with Crippen LogP contribution < -0.4 is 5.32 Å². The minimum absolute atomic E-state index is 0.00846. The predicted octanol–water partition coefficient (Wildman–Crippen LogP) is 5.28. The summed E-state index contributed by atoms with van der Waals surface area (Å²) >= 11 is 9.66. The number of anilines is 1. The Labute approximate surface area is 136 Å². The van der Waals surface area contributed by atoms with Crippen LogP contribution >= 0.6 is 54.5 Å². The molecule has 0 aliphatic heterocycles. The summed E-state index contributed by atoms with van der Waals surface area (Å²) in [6, 6.07) is 1.79. The number of aromatic nitrogens is 1. The Morgan fingerprint density at radius 1 is 1.37 bits per heavy atom. The zero-order valence-electron chi connectivity index (χ0n) is 10.6. The summed E-state index contributed by atoms with van der Waals surface area (Å²) in [6.07, 6.45) is 0. The minimum atomic E-state index is -0.149. The molecule has 2 aromatic heterocycles. The van der Waals surface area contributed by atoms with Gasteiger partial charge in [-0.05, 0) is 37.9 Å². The fraction of sp³-hybridized carbons (Fsp3) is 0.333. The third-order valence-electron chi connectivity index (χ3n) is 2.39. The number of nitrogens with zero attached hydrogens (tertiary/aromatic N) is 1. The van der Waals surface area contributed by atoms with Crippen molar-refractivity contribution in [3.05, 3.63) is 30.3 Å². The van der Waals surface area contributed by atoms with Crippen molar-refractivity contribution in [2.75, 3.05) is 5.32 Å². The Kier molecular flexibility index (Phi) is 4.49. The molecule has 0 bridgehead atoms. The number of carbonyl (C=O) groups is 1. The molecule has 7 heteroatoms. The second-order valence-electron chi connectivity index (χ2n) is 4.98. The number of halogens is 2. The van der Waals surface area contributed by atoms with Gasteiger partial charge in [0, 0.05) is 10.8 Å². The molecule has 19 heavy (non-hydrogen) atoms. The molecule has 0 atom stereocenters. The number of carbonyl (C=O) groups excluding carboxylic acids is 1. The van der Waals surface area contributed by atoms with Crippen molar-refractivity contribution in [2.24, 2.45) is 0 Å². The van der Waals surface area contributed by atoms with E-state index in [2.05, 4.69) is 62.9 Å². The second-order valence-corrected chi connectivity index (χ2v) is 9.59. The van der Waals surface area contributed by atoms with Gasteiger partial charge in [-0.1, -0.05) is 20.8 Å². The summed E-state index contributed by atoms with van der Waals surface area (Å²) in [6.45, 7) is 6.29. The normalized spacial score (nSPS) is 11.6. The summed E-state index contributed by atoms with van der Waals surface area (Å²) in [5.41, 5.74) is 1.59. The smallest absolute Gasteiger partial charge is 0.259 e. The van der Waals surface area contributed by atoms with Crippen molar-refractivity contribution in [3.63, 3.8) is 0 Å². The van der Waals surface area contributed by atoms with Crippen molar-refractivity contribution in [1.29, 1.82) is 0 Å². The Morgan fingerprint density at radius 3 is 2.53 bits per heavy atom. The van der Waals surface area contributed by atoms with E-state index < -0.39 is 0 Å². The number of amides is 1. The molecular formula is C12H12Br2N2OS2. The third-order valence-corrected chi connectivity index (χ3v) is 5.49. The van der Waals surface area contributed by atoms with Gasteiger partial charge in [0.2, 0.25) is 0 Å². The van der Waals surface area contributed by atoms with Crippen molar-refractivity contribution in [2.45, 2.75) is 26.2 Å². The SMILES string of the molecule is CC(C)(C)c1csc(NC(=O)c2cc(Br)sc2Br)n1. The first-order valence-corrected chi connectivity index (χ1v) is 8.78. The van der Waals surface area contributed by atoms with E-state index in [0.717, 1.165) is 13.3 Å². The highest BCUT2D eigenvalue weighted by molar-refractivity contribution is 9.12. The summed E-state index contributed by atoms with van der Waals surface area (Å²) in [4.78, 5) is 16.6. The van der Waals surface area contributed by atoms with Gasteiger partial charge in [0.1, 0.15) is 0 Å². The van der Waals surface area contributed by atoms with Crippen LogP contribution in [0.25, 0.3) is 0 Å². The third kappa shape index (κ3) is 3.65. The molecule has 0 unspecified atom stereocenters. The number of thiophene rings is 1. The molecule has 3 nitrogen and oxygen atoms in total. The number of nitrogens with one attached hydrogen (secondary N) is 1. The first-order valence-electron chi connectivity index (χ1n) is 5.49. The van der Waals surface area contributed by atoms with Gasteiger partial charge < -0.3 is 0 Å². The van der Waals surface area contributed by atoms with Gasteiger partial charge in [0.25, 0.3) is 5.91 Å². The van der Waals surface area contributed by atoms with Crippen molar-refractivity contribution < 1.29 is 4.79 Å². The summed E-state index contributed by atoms with van der Waals surface area (Å²) < 4.78 is 1.73.